The highest BCUT2D eigenvalue weighted by molar-refractivity contribution is 7.99. The molecule has 3 aromatic rings. The van der Waals surface area contributed by atoms with Gasteiger partial charge in [-0.1, -0.05) is 55.4 Å². The zero-order valence-corrected chi connectivity index (χ0v) is 16.6. The fourth-order valence-electron chi connectivity index (χ4n) is 2.57. The van der Waals surface area contributed by atoms with Crippen LogP contribution in [0.3, 0.4) is 0 Å². The van der Waals surface area contributed by atoms with Crippen molar-refractivity contribution in [2.75, 3.05) is 5.75 Å². The predicted octanol–water partition coefficient (Wildman–Crippen LogP) is 2.83. The second-order valence-electron chi connectivity index (χ2n) is 5.89. The number of aromatic nitrogens is 4. The average Bonchev–Trinajstić information content (AvgIpc) is 3.34. The second-order valence-corrected chi connectivity index (χ2v) is 7.76. The second kappa shape index (κ2) is 9.52. The van der Waals surface area contributed by atoms with Crippen LogP contribution in [0.5, 0.6) is 0 Å². The van der Waals surface area contributed by atoms with Gasteiger partial charge in [0.2, 0.25) is 5.91 Å². The molecule has 9 heteroatoms. The van der Waals surface area contributed by atoms with Gasteiger partial charge in [-0.05, 0) is 12.0 Å². The molecule has 1 atom stereocenters. The van der Waals surface area contributed by atoms with Crippen molar-refractivity contribution in [3.05, 3.63) is 63.0 Å². The van der Waals surface area contributed by atoms with E-state index in [1.165, 1.54) is 23.1 Å². The molecule has 142 valence electrons. The Kier molecular flexibility index (Phi) is 6.83. The predicted molar refractivity (Wildman–Crippen MR) is 107 cm³/mol. The molecule has 0 aliphatic heterocycles. The van der Waals surface area contributed by atoms with E-state index in [-0.39, 0.29) is 23.4 Å². The fourth-order valence-corrected chi connectivity index (χ4v) is 4.07. The first kappa shape index (κ1) is 19.4. The number of thiazole rings is 1. The molecule has 1 aromatic carbocycles. The van der Waals surface area contributed by atoms with Crippen LogP contribution in [-0.4, -0.2) is 31.4 Å². The minimum Gasteiger partial charge on any atom is -0.342 e. The van der Waals surface area contributed by atoms with E-state index < -0.39 is 0 Å². The van der Waals surface area contributed by atoms with Crippen molar-refractivity contribution in [2.45, 2.75) is 37.5 Å². The van der Waals surface area contributed by atoms with Crippen molar-refractivity contribution < 1.29 is 4.79 Å². The third-order valence-corrected chi connectivity index (χ3v) is 5.74. The van der Waals surface area contributed by atoms with Gasteiger partial charge < -0.3 is 5.32 Å². The van der Waals surface area contributed by atoms with Crippen LogP contribution in [0.2, 0.25) is 0 Å². The number of H-pyrrole nitrogens is 1. The van der Waals surface area contributed by atoms with Gasteiger partial charge in [0.1, 0.15) is 11.0 Å². The van der Waals surface area contributed by atoms with E-state index in [1.54, 1.807) is 10.8 Å². The molecule has 0 saturated carbocycles. The van der Waals surface area contributed by atoms with E-state index in [9.17, 15) is 9.59 Å². The lowest BCUT2D eigenvalue weighted by atomic mass is 10.1. The maximum atomic E-state index is 12.5. The number of hydrogen-bond donors (Lipinski definition) is 2. The average molecular weight is 404 g/mol. The van der Waals surface area contributed by atoms with Crippen LogP contribution >= 0.6 is 23.1 Å². The van der Waals surface area contributed by atoms with Crippen LogP contribution in [0, 0.1) is 0 Å². The quantitative estimate of drug-likeness (QED) is 0.536. The third-order valence-electron chi connectivity index (χ3n) is 3.93. The summed E-state index contributed by atoms with van der Waals surface area (Å²) in [6.07, 6.45) is 3.60. The molecule has 2 N–H and O–H groups in total. The minimum absolute atomic E-state index is 0.137. The van der Waals surface area contributed by atoms with Gasteiger partial charge in [-0.15, -0.1) is 16.4 Å². The Bertz CT molecular complexity index is 905. The van der Waals surface area contributed by atoms with Gasteiger partial charge in [-0.2, -0.15) is 0 Å². The van der Waals surface area contributed by atoms with Gasteiger partial charge in [0.15, 0.2) is 5.16 Å². The molecule has 0 aliphatic carbocycles. The molecule has 0 fully saturated rings. The lowest BCUT2D eigenvalue weighted by molar-refractivity contribution is -0.119. The zero-order valence-electron chi connectivity index (χ0n) is 14.9. The zero-order chi connectivity index (χ0) is 19.1. The highest BCUT2D eigenvalue weighted by atomic mass is 32.2. The topological polar surface area (TPSA) is 92.7 Å². The number of benzene rings is 1. The summed E-state index contributed by atoms with van der Waals surface area (Å²) in [6.45, 7) is 2.66. The molecule has 3 rings (SSSR count). The molecule has 0 bridgehead atoms. The Hall–Kier alpha value is -2.39. The first-order valence-electron chi connectivity index (χ1n) is 8.70. The molecular formula is C18H21N5O2S2. The van der Waals surface area contributed by atoms with Crippen LogP contribution in [0.25, 0.3) is 0 Å². The monoisotopic (exact) mass is 403 g/mol. The van der Waals surface area contributed by atoms with Crippen molar-refractivity contribution in [3.8, 4) is 0 Å². The molecule has 1 unspecified atom stereocenters. The number of carbonyl (C=O) groups excluding carboxylic acids is 1. The largest absolute Gasteiger partial charge is 0.343 e. The van der Waals surface area contributed by atoms with Gasteiger partial charge in [-0.25, -0.2) is 14.9 Å². The molecule has 2 heterocycles. The molecule has 2 aromatic heterocycles. The van der Waals surface area contributed by atoms with Crippen LogP contribution in [0.1, 0.15) is 36.4 Å². The van der Waals surface area contributed by atoms with E-state index in [1.807, 2.05) is 35.7 Å². The maximum absolute atomic E-state index is 12.5. The summed E-state index contributed by atoms with van der Waals surface area (Å²) in [6, 6.07) is 9.46. The first-order chi connectivity index (χ1) is 13.2. The van der Waals surface area contributed by atoms with E-state index in [2.05, 4.69) is 27.4 Å². The summed E-state index contributed by atoms with van der Waals surface area (Å²) in [7, 11) is 0. The number of aromatic amines is 1. The number of nitrogens with zero attached hydrogens (tertiary/aromatic N) is 3. The number of hydrogen-bond acceptors (Lipinski definition) is 6. The maximum Gasteiger partial charge on any atom is 0.343 e. The highest BCUT2D eigenvalue weighted by Crippen LogP contribution is 2.24. The van der Waals surface area contributed by atoms with Crippen molar-refractivity contribution >= 4 is 29.0 Å². The molecule has 1 amide bonds. The van der Waals surface area contributed by atoms with Gasteiger partial charge >= 0.3 is 5.69 Å². The Morgan fingerprint density at radius 3 is 2.89 bits per heavy atom. The highest BCUT2D eigenvalue weighted by Gasteiger charge is 2.20. The van der Waals surface area contributed by atoms with E-state index in [0.717, 1.165) is 23.4 Å². The Morgan fingerprint density at radius 1 is 1.37 bits per heavy atom. The standard InChI is InChI=1S/C18H21N5O2S2/c1-2-3-10-23-17(25)21-22-18(23)27-12-14(24)20-15(16-19-9-11-26-16)13-7-5-4-6-8-13/h4-9,11,15H,2-3,10,12H2,1H3,(H,20,24)(H,21,25). The Labute approximate surface area is 165 Å². The molecule has 0 radical (unpaired) electrons. The van der Waals surface area contributed by atoms with E-state index in [0.29, 0.717) is 11.7 Å². The number of thioether (sulfide) groups is 1. The molecule has 0 saturated heterocycles. The van der Waals surface area contributed by atoms with E-state index in [4.69, 9.17) is 0 Å². The molecule has 0 spiro atoms. The summed E-state index contributed by atoms with van der Waals surface area (Å²) >= 11 is 2.75. The molecule has 7 nitrogen and oxygen atoms in total. The van der Waals surface area contributed by atoms with Crippen molar-refractivity contribution in [2.24, 2.45) is 0 Å². The fraction of sp³-hybridized carbons (Fsp3) is 0.333. The third kappa shape index (κ3) is 5.08. The lowest BCUT2D eigenvalue weighted by Gasteiger charge is -2.17. The Morgan fingerprint density at radius 2 is 2.19 bits per heavy atom. The Balaban J connectivity index is 1.66. The number of unbranched alkanes of at least 4 members (excludes halogenated alkanes) is 1. The number of amides is 1. The molecule has 0 aliphatic rings. The van der Waals surface area contributed by atoms with Crippen molar-refractivity contribution in [1.82, 2.24) is 25.1 Å². The SMILES string of the molecule is CCCCn1c(SCC(=O)NC(c2ccccc2)c2nccs2)n[nH]c1=O. The summed E-state index contributed by atoms with van der Waals surface area (Å²) in [5.74, 6) is 0.0343. The minimum atomic E-state index is -0.291. The summed E-state index contributed by atoms with van der Waals surface area (Å²) in [4.78, 5) is 28.7. The number of carbonyl (C=O) groups is 1. The lowest BCUT2D eigenvalue weighted by Crippen LogP contribution is -2.30. The van der Waals surface area contributed by atoms with Gasteiger partial charge in [0, 0.05) is 18.1 Å². The molecule has 27 heavy (non-hydrogen) atoms. The summed E-state index contributed by atoms with van der Waals surface area (Å²) in [5, 5.41) is 12.8. The van der Waals surface area contributed by atoms with Crippen LogP contribution in [0.4, 0.5) is 0 Å². The normalized spacial score (nSPS) is 12.0. The van der Waals surface area contributed by atoms with Gasteiger partial charge in [0.05, 0.1) is 5.75 Å². The van der Waals surface area contributed by atoms with Crippen LogP contribution in [0.15, 0.2) is 51.9 Å². The first-order valence-corrected chi connectivity index (χ1v) is 10.6. The number of nitrogens with one attached hydrogen (secondary N) is 2. The summed E-state index contributed by atoms with van der Waals surface area (Å²) < 4.78 is 1.58. The molecular weight excluding hydrogens is 382 g/mol. The van der Waals surface area contributed by atoms with Crippen molar-refractivity contribution in [3.63, 3.8) is 0 Å². The van der Waals surface area contributed by atoms with Gasteiger partial charge in [0.25, 0.3) is 0 Å². The van der Waals surface area contributed by atoms with Crippen molar-refractivity contribution in [1.29, 1.82) is 0 Å². The number of rotatable bonds is 9. The van der Waals surface area contributed by atoms with Crippen LogP contribution < -0.4 is 11.0 Å². The van der Waals surface area contributed by atoms with Crippen LogP contribution in [-0.2, 0) is 11.3 Å². The van der Waals surface area contributed by atoms with E-state index >= 15 is 0 Å². The van der Waals surface area contributed by atoms with Gasteiger partial charge in [-0.3, -0.25) is 9.36 Å². The smallest absolute Gasteiger partial charge is 0.342 e. The summed E-state index contributed by atoms with van der Waals surface area (Å²) in [5.41, 5.74) is 0.738.